The number of hydrogen-bond acceptors (Lipinski definition) is 5. The molecule has 1 amide bonds. The third kappa shape index (κ3) is 12.8. The maximum Gasteiger partial charge on any atom is 2.00 e. The van der Waals surface area contributed by atoms with Crippen LogP contribution in [0.25, 0.3) is 0 Å². The number of nitriles is 1. The second-order valence-electron chi connectivity index (χ2n) is 10.1. The number of benzene rings is 4. The van der Waals surface area contributed by atoms with Crippen molar-refractivity contribution >= 4 is 76.7 Å². The molecule has 0 bridgehead atoms. The number of nitrogens with one attached hydrogen (secondary N) is 3. The second-order valence-corrected chi connectivity index (χ2v) is 12.7. The van der Waals surface area contributed by atoms with E-state index in [9.17, 15) is 9.90 Å². The Balaban J connectivity index is 0.000000309. The molecule has 11 heteroatoms. The number of fused-ring (bicyclic) bond motifs is 3. The van der Waals surface area contributed by atoms with Gasteiger partial charge in [-0.05, 0) is 80.5 Å². The van der Waals surface area contributed by atoms with E-state index < -0.39 is 6.23 Å². The third-order valence-corrected chi connectivity index (χ3v) is 8.87. The van der Waals surface area contributed by atoms with Crippen molar-refractivity contribution in [3.63, 3.8) is 0 Å². The van der Waals surface area contributed by atoms with Crippen molar-refractivity contribution in [1.29, 1.82) is 5.26 Å². The summed E-state index contributed by atoms with van der Waals surface area (Å²) >= 11 is 10.0. The minimum Gasteiger partial charge on any atom is -1.00 e. The van der Waals surface area contributed by atoms with E-state index in [0.717, 1.165) is 37.1 Å². The first-order valence-corrected chi connectivity index (χ1v) is 16.8. The summed E-state index contributed by atoms with van der Waals surface area (Å²) in [7, 11) is 0. The van der Waals surface area contributed by atoms with Crippen molar-refractivity contribution in [2.75, 3.05) is 0 Å². The van der Waals surface area contributed by atoms with E-state index in [4.69, 9.17) is 5.26 Å². The Bertz CT molecular complexity index is 1710. The molecule has 1 unspecified atom stereocenters. The summed E-state index contributed by atoms with van der Waals surface area (Å²) in [5.41, 5.74) is 9.06. The van der Waals surface area contributed by atoms with Gasteiger partial charge in [0, 0.05) is 45.2 Å². The summed E-state index contributed by atoms with van der Waals surface area (Å²) in [6.07, 6.45) is 3.60. The van der Waals surface area contributed by atoms with Gasteiger partial charge in [0.05, 0.1) is 17.2 Å². The second kappa shape index (κ2) is 23.1. The molecular weight excluding hydrogens is 832 g/mol. The SMILES string of the molecule is Brc1cccc2c1CNC2.C=CCc1cccc2c1CNC2.C=C[CH2-].N#Cc1cccc(Br)c1.O=C1NC(O)c2cccc(Br)c21.[Cl-].[Mg+2]. The molecular formula is C37H36Br3ClMgN4O2. The molecule has 0 fully saturated rings. The largest absolute Gasteiger partial charge is 2.00 e. The number of aliphatic hydroxyl groups excluding tert-OH is 1. The van der Waals surface area contributed by atoms with Crippen LogP contribution in [-0.2, 0) is 32.6 Å². The summed E-state index contributed by atoms with van der Waals surface area (Å²) in [5, 5.41) is 26.8. The average Bonchev–Trinajstić information content (AvgIpc) is 3.79. The van der Waals surface area contributed by atoms with Crippen molar-refractivity contribution in [3.05, 3.63) is 169 Å². The number of aliphatic hydroxyl groups is 1. The fourth-order valence-corrected chi connectivity index (χ4v) is 6.39. The van der Waals surface area contributed by atoms with Crippen LogP contribution in [0.3, 0.4) is 0 Å². The van der Waals surface area contributed by atoms with Gasteiger partial charge in [-0.3, -0.25) is 4.79 Å². The van der Waals surface area contributed by atoms with Gasteiger partial charge in [-0.25, -0.2) is 19.6 Å². The molecule has 0 saturated carbocycles. The maximum atomic E-state index is 11.2. The number of allylic oxidation sites excluding steroid dienone is 2. The van der Waals surface area contributed by atoms with E-state index in [1.165, 1.54) is 38.4 Å². The Morgan fingerprint density at radius 2 is 1.44 bits per heavy atom. The predicted molar refractivity (Wildman–Crippen MR) is 202 cm³/mol. The molecule has 3 aliphatic heterocycles. The minimum absolute atomic E-state index is 0. The van der Waals surface area contributed by atoms with E-state index in [1.807, 2.05) is 24.3 Å². The van der Waals surface area contributed by atoms with Gasteiger partial charge >= 0.3 is 23.1 Å². The number of halogens is 4. The first-order valence-electron chi connectivity index (χ1n) is 14.4. The van der Waals surface area contributed by atoms with E-state index in [2.05, 4.69) is 120 Å². The Hall–Kier alpha value is -2.43. The standard InChI is InChI=1S/C11H13N.C8H6BrNO2.C8H8BrN.C7H4BrN.C3H5.ClH.Mg/c1-2-4-9-5-3-6-10-7-12-8-11(9)10;9-5-3-1-2-4-6(5)8(12)10-7(4)11;9-8-3-1-2-6-4-10-5-7(6)8;8-7-3-1-2-6(4-7)5-9;1-3-2;;/h2-3,5-6,12H,1,4,7-8H2;1-3,7,11H,(H,10,12);1-3,10H,4-5H2;1-4H;3H,1-2H2;1H;/q;;;;-1;;+2/p-1. The molecule has 0 aromatic heterocycles. The molecule has 0 radical (unpaired) electrons. The van der Waals surface area contributed by atoms with Crippen LogP contribution >= 0.6 is 47.8 Å². The minimum atomic E-state index is -0.856. The van der Waals surface area contributed by atoms with Crippen LogP contribution < -0.4 is 28.4 Å². The Kier molecular flexibility index (Phi) is 20.9. The molecule has 3 aliphatic rings. The monoisotopic (exact) mass is 864 g/mol. The van der Waals surface area contributed by atoms with Crippen LogP contribution in [0.1, 0.15) is 55.5 Å². The summed E-state index contributed by atoms with van der Waals surface area (Å²) in [5.74, 6) is -0.232. The number of hydrogen-bond donors (Lipinski definition) is 4. The van der Waals surface area contributed by atoms with Crippen LogP contribution in [0.5, 0.6) is 0 Å². The topological polar surface area (TPSA) is 97.2 Å². The molecule has 7 rings (SSSR count). The van der Waals surface area contributed by atoms with Gasteiger partial charge < -0.3 is 33.5 Å². The zero-order valence-corrected chi connectivity index (χ0v) is 33.3. The van der Waals surface area contributed by atoms with Crippen molar-refractivity contribution in [1.82, 2.24) is 16.0 Å². The molecule has 0 spiro atoms. The Morgan fingerprint density at radius 3 is 2.00 bits per heavy atom. The Morgan fingerprint density at radius 1 is 0.875 bits per heavy atom. The van der Waals surface area contributed by atoms with E-state index in [-0.39, 0.29) is 41.4 Å². The van der Waals surface area contributed by atoms with Gasteiger partial charge in [0.2, 0.25) is 0 Å². The van der Waals surface area contributed by atoms with Crippen LogP contribution in [0, 0.1) is 18.3 Å². The van der Waals surface area contributed by atoms with Crippen LogP contribution in [0.15, 0.2) is 118 Å². The molecule has 3 heterocycles. The predicted octanol–water partition coefficient (Wildman–Crippen LogP) is 5.20. The third-order valence-electron chi connectivity index (χ3n) is 6.97. The van der Waals surface area contributed by atoms with Crippen LogP contribution in [0.4, 0.5) is 0 Å². The van der Waals surface area contributed by atoms with Crippen LogP contribution in [0.2, 0.25) is 0 Å². The van der Waals surface area contributed by atoms with Crippen molar-refractivity contribution < 1.29 is 22.3 Å². The molecule has 4 aromatic carbocycles. The molecule has 0 aliphatic carbocycles. The van der Waals surface area contributed by atoms with Crippen LogP contribution in [-0.4, -0.2) is 34.1 Å². The van der Waals surface area contributed by atoms with Gasteiger partial charge in [0.15, 0.2) is 6.23 Å². The molecule has 6 nitrogen and oxygen atoms in total. The molecule has 0 saturated heterocycles. The number of nitrogens with zero attached hydrogens (tertiary/aromatic N) is 1. The van der Waals surface area contributed by atoms with Gasteiger partial charge in [-0.15, -0.1) is 6.58 Å². The van der Waals surface area contributed by atoms with Gasteiger partial charge in [-0.2, -0.15) is 5.26 Å². The molecule has 246 valence electrons. The number of amides is 1. The average molecular weight is 868 g/mol. The number of rotatable bonds is 2. The quantitative estimate of drug-likeness (QED) is 0.126. The van der Waals surface area contributed by atoms with E-state index in [1.54, 1.807) is 30.3 Å². The van der Waals surface area contributed by atoms with Crippen molar-refractivity contribution in [2.45, 2.75) is 38.8 Å². The normalized spacial score (nSPS) is 13.7. The molecule has 4 aromatic rings. The molecule has 48 heavy (non-hydrogen) atoms. The fraction of sp³-hybridized carbons (Fsp3) is 0.162. The molecule has 1 atom stereocenters. The van der Waals surface area contributed by atoms with Gasteiger partial charge in [0.1, 0.15) is 0 Å². The summed E-state index contributed by atoms with van der Waals surface area (Å²) in [6, 6.07) is 27.4. The summed E-state index contributed by atoms with van der Waals surface area (Å²) < 4.78 is 2.89. The van der Waals surface area contributed by atoms with E-state index in [0.29, 0.717) is 21.2 Å². The number of carbonyl (C=O) groups excluding carboxylic acids is 1. The maximum absolute atomic E-state index is 11.2. The zero-order chi connectivity index (χ0) is 33.5. The Labute approximate surface area is 331 Å². The summed E-state index contributed by atoms with van der Waals surface area (Å²) in [6.45, 7) is 14.3. The first-order chi connectivity index (χ1) is 22.2. The van der Waals surface area contributed by atoms with Crippen molar-refractivity contribution in [2.24, 2.45) is 0 Å². The van der Waals surface area contributed by atoms with E-state index >= 15 is 0 Å². The first kappa shape index (κ1) is 43.6. The van der Waals surface area contributed by atoms with Gasteiger partial charge in [0.25, 0.3) is 5.91 Å². The van der Waals surface area contributed by atoms with Crippen molar-refractivity contribution in [3.8, 4) is 6.07 Å². The zero-order valence-electron chi connectivity index (χ0n) is 26.4. The fourth-order valence-electron chi connectivity index (χ4n) is 4.88. The summed E-state index contributed by atoms with van der Waals surface area (Å²) in [4.78, 5) is 11.2. The smallest absolute Gasteiger partial charge is 1.00 e. The molecule has 4 N–H and O–H groups in total. The van der Waals surface area contributed by atoms with Gasteiger partial charge in [-0.1, -0.05) is 86.5 Å². The number of carbonyl (C=O) groups is 1.